The van der Waals surface area contributed by atoms with Crippen molar-refractivity contribution in [2.75, 3.05) is 26.2 Å². The van der Waals surface area contributed by atoms with Crippen molar-refractivity contribution >= 4 is 18.0 Å². The van der Waals surface area contributed by atoms with Crippen molar-refractivity contribution < 1.29 is 28.6 Å². The fraction of sp³-hybridized carbons (Fsp3) is 0.350. The summed E-state index contributed by atoms with van der Waals surface area (Å²) in [6.07, 6.45) is 1.95. The first-order valence-electron chi connectivity index (χ1n) is 9.09. The molecule has 1 spiro atoms. The molecule has 0 saturated carbocycles. The highest BCUT2D eigenvalue weighted by molar-refractivity contribution is 5.95. The summed E-state index contributed by atoms with van der Waals surface area (Å²) < 4.78 is 10.9. The highest BCUT2D eigenvalue weighted by Crippen LogP contribution is 2.33. The van der Waals surface area contributed by atoms with Crippen molar-refractivity contribution in [1.82, 2.24) is 9.80 Å². The molecule has 0 radical (unpaired) electrons. The molecule has 2 saturated heterocycles. The number of aliphatic carboxylic acids is 1. The van der Waals surface area contributed by atoms with E-state index in [2.05, 4.69) is 0 Å². The van der Waals surface area contributed by atoms with E-state index in [1.54, 1.807) is 29.4 Å². The Kier molecular flexibility index (Phi) is 4.54. The van der Waals surface area contributed by atoms with Crippen LogP contribution in [0.5, 0.6) is 0 Å². The topological polar surface area (TPSA) is 100 Å². The highest BCUT2D eigenvalue weighted by atomic mass is 16.6. The molecule has 4 rings (SSSR count). The third-order valence-electron chi connectivity index (χ3n) is 5.24. The van der Waals surface area contributed by atoms with Gasteiger partial charge in [-0.2, -0.15) is 0 Å². The van der Waals surface area contributed by atoms with Gasteiger partial charge in [0.2, 0.25) is 0 Å². The van der Waals surface area contributed by atoms with Crippen molar-refractivity contribution in [3.63, 3.8) is 0 Å². The number of likely N-dealkylation sites (tertiary alicyclic amines) is 1. The number of ether oxygens (including phenoxy) is 1. The van der Waals surface area contributed by atoms with Crippen LogP contribution in [-0.2, 0) is 9.53 Å². The number of furan rings is 1. The molecule has 2 aliphatic rings. The normalized spacial score (nSPS) is 18.4. The number of amides is 2. The molecule has 0 unspecified atom stereocenters. The molecule has 8 heteroatoms. The van der Waals surface area contributed by atoms with E-state index in [1.807, 2.05) is 18.2 Å². The lowest BCUT2D eigenvalue weighted by atomic mass is 9.91. The molecule has 1 aromatic carbocycles. The van der Waals surface area contributed by atoms with Gasteiger partial charge in [0.1, 0.15) is 17.9 Å². The van der Waals surface area contributed by atoms with Crippen molar-refractivity contribution in [2.45, 2.75) is 18.4 Å². The first-order chi connectivity index (χ1) is 13.5. The number of carbonyl (C=O) groups is 3. The maximum absolute atomic E-state index is 12.9. The zero-order valence-electron chi connectivity index (χ0n) is 15.2. The average molecular weight is 384 g/mol. The Balaban J connectivity index is 1.42. The predicted octanol–water partition coefficient (Wildman–Crippen LogP) is 2.46. The summed E-state index contributed by atoms with van der Waals surface area (Å²) in [6, 6.07) is 10.9. The van der Waals surface area contributed by atoms with E-state index >= 15 is 0 Å². The Bertz CT molecular complexity index is 899. The summed E-state index contributed by atoms with van der Waals surface area (Å²) in [4.78, 5) is 38.6. The summed E-state index contributed by atoms with van der Waals surface area (Å²) in [7, 11) is 0. The summed E-state index contributed by atoms with van der Waals surface area (Å²) in [5, 5.41) is 8.90. The van der Waals surface area contributed by atoms with Crippen LogP contribution >= 0.6 is 0 Å². The summed E-state index contributed by atoms with van der Waals surface area (Å²) >= 11 is 0. The van der Waals surface area contributed by atoms with Gasteiger partial charge in [-0.1, -0.05) is 12.1 Å². The van der Waals surface area contributed by atoms with E-state index in [1.165, 1.54) is 4.90 Å². The van der Waals surface area contributed by atoms with Crippen molar-refractivity contribution in [3.8, 4) is 11.3 Å². The van der Waals surface area contributed by atoms with Gasteiger partial charge in [-0.05, 0) is 24.3 Å². The van der Waals surface area contributed by atoms with Crippen LogP contribution in [0.25, 0.3) is 11.3 Å². The van der Waals surface area contributed by atoms with Crippen LogP contribution in [0.2, 0.25) is 0 Å². The van der Waals surface area contributed by atoms with E-state index in [0.29, 0.717) is 37.3 Å². The number of piperidine rings is 1. The quantitative estimate of drug-likeness (QED) is 0.869. The Labute approximate surface area is 161 Å². The molecule has 2 aromatic rings. The Morgan fingerprint density at radius 2 is 1.93 bits per heavy atom. The maximum Gasteiger partial charge on any atom is 0.411 e. The molecular formula is C20H20N2O6. The number of carboxylic acid groups (broad SMARTS) is 1. The zero-order valence-corrected chi connectivity index (χ0v) is 15.2. The maximum atomic E-state index is 12.9. The molecule has 0 atom stereocenters. The number of hydrogen-bond acceptors (Lipinski definition) is 5. The zero-order chi connectivity index (χ0) is 19.7. The van der Waals surface area contributed by atoms with Gasteiger partial charge in [0, 0.05) is 37.1 Å². The van der Waals surface area contributed by atoms with Crippen LogP contribution in [0.3, 0.4) is 0 Å². The minimum absolute atomic E-state index is 0.0880. The van der Waals surface area contributed by atoms with E-state index < -0.39 is 17.7 Å². The lowest BCUT2D eigenvalue weighted by Gasteiger charge is -2.37. The number of nitrogens with zero attached hydrogens (tertiary/aromatic N) is 2. The largest absolute Gasteiger partial charge is 0.480 e. The van der Waals surface area contributed by atoms with E-state index in [9.17, 15) is 14.4 Å². The van der Waals surface area contributed by atoms with Crippen molar-refractivity contribution in [3.05, 3.63) is 48.2 Å². The van der Waals surface area contributed by atoms with Crippen LogP contribution in [0.4, 0.5) is 4.79 Å². The molecule has 1 aromatic heterocycles. The standard InChI is InChI=1S/C20H20N2O6/c23-17(24)12-22-13-20(28-19(22)26)6-8-21(9-7-20)18(25)15-4-1-3-14(11-15)16-5-2-10-27-16/h1-5,10-11H,6-9,12-13H2,(H,23,24). The monoisotopic (exact) mass is 384 g/mol. The number of benzene rings is 1. The predicted molar refractivity (Wildman–Crippen MR) is 97.7 cm³/mol. The van der Waals surface area contributed by atoms with Gasteiger partial charge in [-0.25, -0.2) is 4.79 Å². The first-order valence-corrected chi connectivity index (χ1v) is 9.09. The summed E-state index contributed by atoms with van der Waals surface area (Å²) in [5.74, 6) is -0.461. The summed E-state index contributed by atoms with van der Waals surface area (Å²) in [5.41, 5.74) is 0.693. The Morgan fingerprint density at radius 1 is 1.14 bits per heavy atom. The fourth-order valence-electron chi connectivity index (χ4n) is 3.79. The van der Waals surface area contributed by atoms with E-state index in [0.717, 1.165) is 5.56 Å². The smallest absolute Gasteiger partial charge is 0.411 e. The van der Waals surface area contributed by atoms with Crippen LogP contribution in [0, 0.1) is 0 Å². The molecule has 8 nitrogen and oxygen atoms in total. The molecular weight excluding hydrogens is 364 g/mol. The van der Waals surface area contributed by atoms with Gasteiger partial charge in [0.05, 0.1) is 12.8 Å². The van der Waals surface area contributed by atoms with Gasteiger partial charge in [0.15, 0.2) is 0 Å². The molecule has 0 aliphatic carbocycles. The van der Waals surface area contributed by atoms with E-state index in [-0.39, 0.29) is 19.0 Å². The molecule has 0 bridgehead atoms. The highest BCUT2D eigenvalue weighted by Gasteiger charge is 2.47. The minimum Gasteiger partial charge on any atom is -0.480 e. The van der Waals surface area contributed by atoms with E-state index in [4.69, 9.17) is 14.3 Å². The molecule has 2 amide bonds. The third kappa shape index (κ3) is 3.45. The molecule has 3 heterocycles. The van der Waals surface area contributed by atoms with Crippen LogP contribution in [-0.4, -0.2) is 64.7 Å². The molecule has 1 N–H and O–H groups in total. The fourth-order valence-corrected chi connectivity index (χ4v) is 3.79. The molecule has 2 fully saturated rings. The number of hydrogen-bond donors (Lipinski definition) is 1. The van der Waals surface area contributed by atoms with Crippen LogP contribution in [0.15, 0.2) is 47.1 Å². The Morgan fingerprint density at radius 3 is 2.61 bits per heavy atom. The van der Waals surface area contributed by atoms with Gasteiger partial charge >= 0.3 is 12.1 Å². The SMILES string of the molecule is O=C(O)CN1CC2(CCN(C(=O)c3cccc(-c4ccco4)c3)CC2)OC1=O. The lowest BCUT2D eigenvalue weighted by Crippen LogP contribution is -2.49. The molecule has 146 valence electrons. The second-order valence-corrected chi connectivity index (χ2v) is 7.15. The average Bonchev–Trinajstić information content (AvgIpc) is 3.31. The second-order valence-electron chi connectivity index (χ2n) is 7.15. The van der Waals surface area contributed by atoms with Crippen molar-refractivity contribution in [2.24, 2.45) is 0 Å². The van der Waals surface area contributed by atoms with Gasteiger partial charge in [-0.15, -0.1) is 0 Å². The minimum atomic E-state index is -1.07. The van der Waals surface area contributed by atoms with Crippen LogP contribution in [0.1, 0.15) is 23.2 Å². The third-order valence-corrected chi connectivity index (χ3v) is 5.24. The van der Waals surface area contributed by atoms with Crippen LogP contribution < -0.4 is 0 Å². The van der Waals surface area contributed by atoms with Gasteiger partial charge in [0.25, 0.3) is 5.91 Å². The van der Waals surface area contributed by atoms with Gasteiger partial charge in [-0.3, -0.25) is 14.5 Å². The summed E-state index contributed by atoms with van der Waals surface area (Å²) in [6.45, 7) is 0.757. The second kappa shape index (κ2) is 7.03. The number of carboxylic acids is 1. The molecule has 2 aliphatic heterocycles. The Hall–Kier alpha value is -3.29. The first kappa shape index (κ1) is 18.1. The number of rotatable bonds is 4. The number of carbonyl (C=O) groups excluding carboxylic acids is 2. The molecule has 28 heavy (non-hydrogen) atoms. The van der Waals surface area contributed by atoms with Crippen molar-refractivity contribution in [1.29, 1.82) is 0 Å². The lowest BCUT2D eigenvalue weighted by molar-refractivity contribution is -0.137. The van der Waals surface area contributed by atoms with Gasteiger partial charge < -0.3 is 19.2 Å².